The number of nitrogens with one attached hydrogen (secondary N) is 1. The Morgan fingerprint density at radius 2 is 2.04 bits per heavy atom. The predicted octanol–water partition coefficient (Wildman–Crippen LogP) is 1.08. The smallest absolute Gasteiger partial charge is 0.262 e. The third-order valence-corrected chi connectivity index (χ3v) is 5.78. The molecule has 0 saturated carbocycles. The number of aliphatic imine (C=N–C) groups is 1. The molecule has 1 N–H and O–H groups in total. The Morgan fingerprint density at radius 1 is 1.29 bits per heavy atom. The van der Waals surface area contributed by atoms with Gasteiger partial charge in [-0.2, -0.15) is 4.99 Å². The first kappa shape index (κ1) is 20.5. The minimum absolute atomic E-state index is 0.132. The summed E-state index contributed by atoms with van der Waals surface area (Å²) in [4.78, 5) is 30.5. The van der Waals surface area contributed by atoms with Gasteiger partial charge >= 0.3 is 0 Å². The molecule has 2 aliphatic heterocycles. The fraction of sp³-hybridized carbons (Fsp3) is 0.526. The summed E-state index contributed by atoms with van der Waals surface area (Å²) < 4.78 is 15.8. The Kier molecular flexibility index (Phi) is 7.16. The van der Waals surface area contributed by atoms with Crippen LogP contribution in [0.2, 0.25) is 0 Å². The molecule has 3 rings (SSSR count). The molecule has 1 saturated heterocycles. The summed E-state index contributed by atoms with van der Waals surface area (Å²) in [5.74, 6) is 0.946. The highest BCUT2D eigenvalue weighted by Gasteiger charge is 2.33. The van der Waals surface area contributed by atoms with Gasteiger partial charge < -0.3 is 24.4 Å². The monoisotopic (exact) mass is 407 g/mol. The van der Waals surface area contributed by atoms with Crippen LogP contribution in [0.15, 0.2) is 23.2 Å². The van der Waals surface area contributed by atoms with Crippen LogP contribution in [0.1, 0.15) is 12.0 Å². The molecular formula is C19H25N3O5S. The molecule has 28 heavy (non-hydrogen) atoms. The van der Waals surface area contributed by atoms with Crippen LogP contribution in [0, 0.1) is 0 Å². The van der Waals surface area contributed by atoms with E-state index in [0.29, 0.717) is 42.8 Å². The van der Waals surface area contributed by atoms with E-state index in [1.54, 1.807) is 14.2 Å². The lowest BCUT2D eigenvalue weighted by Gasteiger charge is -2.27. The van der Waals surface area contributed by atoms with Crippen LogP contribution in [-0.4, -0.2) is 74.2 Å². The molecule has 9 heteroatoms. The Morgan fingerprint density at radius 3 is 2.75 bits per heavy atom. The van der Waals surface area contributed by atoms with Crippen molar-refractivity contribution in [1.82, 2.24) is 10.2 Å². The maximum Gasteiger partial charge on any atom is 0.262 e. The Labute approximate surface area is 168 Å². The summed E-state index contributed by atoms with van der Waals surface area (Å²) in [5, 5.41) is 3.14. The maximum atomic E-state index is 12.2. The van der Waals surface area contributed by atoms with Gasteiger partial charge in [0.25, 0.3) is 5.91 Å². The number of amides is 2. The zero-order valence-electron chi connectivity index (χ0n) is 16.1. The first-order valence-electron chi connectivity index (χ1n) is 9.20. The summed E-state index contributed by atoms with van der Waals surface area (Å²) in [6.45, 7) is 3.20. The zero-order chi connectivity index (χ0) is 19.9. The second kappa shape index (κ2) is 9.79. The largest absolute Gasteiger partial charge is 0.493 e. The van der Waals surface area contributed by atoms with Gasteiger partial charge in [-0.25, -0.2) is 0 Å². The van der Waals surface area contributed by atoms with Gasteiger partial charge in [-0.3, -0.25) is 9.59 Å². The summed E-state index contributed by atoms with van der Waals surface area (Å²) in [7, 11) is 3.18. The number of hydrogen-bond acceptors (Lipinski definition) is 7. The van der Waals surface area contributed by atoms with Gasteiger partial charge in [0.15, 0.2) is 16.7 Å². The molecule has 0 aliphatic carbocycles. The lowest BCUT2D eigenvalue weighted by molar-refractivity contribution is -0.124. The van der Waals surface area contributed by atoms with Gasteiger partial charge in [-0.1, -0.05) is 17.8 Å². The van der Waals surface area contributed by atoms with E-state index in [9.17, 15) is 9.59 Å². The topological polar surface area (TPSA) is 89.5 Å². The van der Waals surface area contributed by atoms with E-state index in [1.165, 1.54) is 11.8 Å². The molecule has 0 unspecified atom stereocenters. The van der Waals surface area contributed by atoms with Crippen molar-refractivity contribution in [3.05, 3.63) is 23.8 Å². The number of carbonyl (C=O) groups is 2. The third kappa shape index (κ3) is 5.17. The molecule has 1 aromatic carbocycles. The number of rotatable bonds is 7. The van der Waals surface area contributed by atoms with Gasteiger partial charge in [0.2, 0.25) is 5.91 Å². The lowest BCUT2D eigenvalue weighted by Crippen LogP contribution is -2.39. The normalized spacial score (nSPS) is 19.4. The van der Waals surface area contributed by atoms with Crippen molar-refractivity contribution in [2.45, 2.75) is 18.1 Å². The number of amidine groups is 1. The van der Waals surface area contributed by atoms with Crippen LogP contribution in [0.5, 0.6) is 11.5 Å². The molecule has 0 spiro atoms. The summed E-state index contributed by atoms with van der Waals surface area (Å²) in [5.41, 5.74) is 1.03. The van der Waals surface area contributed by atoms with Crippen molar-refractivity contribution in [3.63, 3.8) is 0 Å². The first-order chi connectivity index (χ1) is 13.6. The average Bonchev–Trinajstić information content (AvgIpc) is 3.08. The lowest BCUT2D eigenvalue weighted by atomic mass is 10.1. The van der Waals surface area contributed by atoms with Crippen molar-refractivity contribution in [3.8, 4) is 11.5 Å². The van der Waals surface area contributed by atoms with Gasteiger partial charge in [0.05, 0.1) is 27.4 Å². The van der Waals surface area contributed by atoms with Crippen molar-refractivity contribution in [1.29, 1.82) is 0 Å². The maximum absolute atomic E-state index is 12.2. The highest BCUT2D eigenvalue weighted by Crippen LogP contribution is 2.28. The molecule has 1 aromatic rings. The van der Waals surface area contributed by atoms with E-state index < -0.39 is 5.25 Å². The molecule has 2 aliphatic rings. The molecule has 0 aromatic heterocycles. The Balaban J connectivity index is 1.43. The molecule has 152 valence electrons. The average molecular weight is 407 g/mol. The number of ether oxygens (including phenoxy) is 3. The minimum atomic E-state index is -0.445. The molecular weight excluding hydrogens is 382 g/mol. The van der Waals surface area contributed by atoms with Gasteiger partial charge in [-0.15, -0.1) is 0 Å². The summed E-state index contributed by atoms with van der Waals surface area (Å²) >= 11 is 1.37. The van der Waals surface area contributed by atoms with Crippen LogP contribution >= 0.6 is 11.8 Å². The third-order valence-electron chi connectivity index (χ3n) is 4.57. The second-order valence-corrected chi connectivity index (χ2v) is 7.60. The number of hydrogen-bond donors (Lipinski definition) is 1. The quantitative estimate of drug-likeness (QED) is 0.723. The van der Waals surface area contributed by atoms with Crippen molar-refractivity contribution in [2.24, 2.45) is 4.99 Å². The fourth-order valence-corrected chi connectivity index (χ4v) is 4.14. The predicted molar refractivity (Wildman–Crippen MR) is 107 cm³/mol. The van der Waals surface area contributed by atoms with Crippen molar-refractivity contribution >= 4 is 28.7 Å². The number of methoxy groups -OCH3 is 2. The van der Waals surface area contributed by atoms with Crippen molar-refractivity contribution in [2.75, 3.05) is 47.1 Å². The van der Waals surface area contributed by atoms with Gasteiger partial charge in [0, 0.05) is 26.1 Å². The van der Waals surface area contributed by atoms with Crippen molar-refractivity contribution < 1.29 is 23.8 Å². The van der Waals surface area contributed by atoms with E-state index in [1.807, 2.05) is 23.1 Å². The molecule has 0 bridgehead atoms. The second-order valence-electron chi connectivity index (χ2n) is 6.43. The summed E-state index contributed by atoms with van der Waals surface area (Å²) in [6.07, 6.45) is 0.792. The molecule has 2 amide bonds. The van der Waals surface area contributed by atoms with E-state index >= 15 is 0 Å². The van der Waals surface area contributed by atoms with Crippen LogP contribution in [-0.2, 0) is 20.7 Å². The van der Waals surface area contributed by atoms with E-state index in [4.69, 9.17) is 14.2 Å². The molecule has 8 nitrogen and oxygen atoms in total. The number of carbonyl (C=O) groups excluding carboxylic acids is 2. The molecule has 2 heterocycles. The number of thioether (sulfide) groups is 1. The Bertz CT molecular complexity index is 749. The van der Waals surface area contributed by atoms with Gasteiger partial charge in [-0.05, 0) is 24.1 Å². The SMILES string of the molecule is COc1ccc(CCNC(=O)C[C@H]2SC(N3CCOCC3)=NC2=O)cc1OC. The minimum Gasteiger partial charge on any atom is -0.493 e. The van der Waals surface area contributed by atoms with E-state index in [2.05, 4.69) is 10.3 Å². The Hall–Kier alpha value is -2.26. The van der Waals surface area contributed by atoms with Crippen LogP contribution < -0.4 is 14.8 Å². The fourth-order valence-electron chi connectivity index (χ4n) is 3.02. The van der Waals surface area contributed by atoms with E-state index in [0.717, 1.165) is 18.7 Å². The molecule has 0 radical (unpaired) electrons. The highest BCUT2D eigenvalue weighted by molar-refractivity contribution is 8.15. The number of morpholine rings is 1. The van der Waals surface area contributed by atoms with Crippen LogP contribution in [0.25, 0.3) is 0 Å². The first-order valence-corrected chi connectivity index (χ1v) is 10.1. The van der Waals surface area contributed by atoms with E-state index in [-0.39, 0.29) is 18.2 Å². The highest BCUT2D eigenvalue weighted by atomic mass is 32.2. The van der Waals surface area contributed by atoms with Gasteiger partial charge in [0.1, 0.15) is 5.25 Å². The van der Waals surface area contributed by atoms with Crippen LogP contribution in [0.4, 0.5) is 0 Å². The number of benzene rings is 1. The number of nitrogens with zero attached hydrogens (tertiary/aromatic N) is 2. The summed E-state index contributed by atoms with van der Waals surface area (Å²) in [6, 6.07) is 5.67. The molecule has 1 atom stereocenters. The molecule has 1 fully saturated rings. The zero-order valence-corrected chi connectivity index (χ0v) is 16.9. The van der Waals surface area contributed by atoms with Crippen LogP contribution in [0.3, 0.4) is 0 Å². The standard InChI is InChI=1S/C19H25N3O5S/c1-25-14-4-3-13(11-15(14)26-2)5-6-20-17(23)12-16-18(24)21-19(28-16)22-7-9-27-10-8-22/h3-4,11,16H,5-10,12H2,1-2H3,(H,20,23)/t16-/m1/s1.